The lowest BCUT2D eigenvalue weighted by atomic mass is 10.1. The van der Waals surface area contributed by atoms with E-state index in [0.29, 0.717) is 0 Å². The number of thioether (sulfide) groups is 1. The standard InChI is InChI=1S/C13H15N3S/c1-8-3-9(2)5-10(4-8)16-13(14)11-6-17-7-12(11)15-16/h3-5H,6-7,14H2,1-2H3. The molecule has 17 heavy (non-hydrogen) atoms. The Labute approximate surface area is 105 Å². The molecule has 0 spiro atoms. The molecule has 0 saturated carbocycles. The Hall–Kier alpha value is -1.42. The van der Waals surface area contributed by atoms with Gasteiger partial charge in [0.05, 0.1) is 11.4 Å². The van der Waals surface area contributed by atoms with E-state index >= 15 is 0 Å². The number of hydrogen-bond acceptors (Lipinski definition) is 3. The highest BCUT2D eigenvalue weighted by Crippen LogP contribution is 2.34. The molecule has 0 saturated heterocycles. The predicted molar refractivity (Wildman–Crippen MR) is 72.4 cm³/mol. The van der Waals surface area contributed by atoms with Crippen molar-refractivity contribution < 1.29 is 0 Å². The molecule has 0 fully saturated rings. The van der Waals surface area contributed by atoms with Gasteiger partial charge in [-0.2, -0.15) is 16.9 Å². The normalized spacial score (nSPS) is 14.0. The van der Waals surface area contributed by atoms with Crippen molar-refractivity contribution in [3.05, 3.63) is 40.6 Å². The summed E-state index contributed by atoms with van der Waals surface area (Å²) in [5, 5.41) is 4.61. The van der Waals surface area contributed by atoms with Gasteiger partial charge in [-0.25, -0.2) is 4.68 Å². The van der Waals surface area contributed by atoms with Crippen molar-refractivity contribution in [1.82, 2.24) is 9.78 Å². The van der Waals surface area contributed by atoms with Crippen LogP contribution in [0.1, 0.15) is 22.4 Å². The van der Waals surface area contributed by atoms with Crippen molar-refractivity contribution in [3.63, 3.8) is 0 Å². The first-order valence-corrected chi connectivity index (χ1v) is 6.83. The van der Waals surface area contributed by atoms with Gasteiger partial charge in [-0.1, -0.05) is 6.07 Å². The fourth-order valence-corrected chi connectivity index (χ4v) is 3.35. The Morgan fingerprint density at radius 3 is 2.53 bits per heavy atom. The van der Waals surface area contributed by atoms with Crippen LogP contribution in [0.2, 0.25) is 0 Å². The molecule has 0 aliphatic carbocycles. The molecule has 3 rings (SSSR count). The summed E-state index contributed by atoms with van der Waals surface area (Å²) in [7, 11) is 0. The average molecular weight is 245 g/mol. The molecule has 0 radical (unpaired) electrons. The van der Waals surface area contributed by atoms with E-state index in [9.17, 15) is 0 Å². The molecule has 0 bridgehead atoms. The predicted octanol–water partition coefficient (Wildman–Crippen LogP) is 2.82. The molecular weight excluding hydrogens is 230 g/mol. The molecule has 1 aliphatic rings. The molecule has 1 aliphatic heterocycles. The minimum atomic E-state index is 0.801. The first-order valence-electron chi connectivity index (χ1n) is 5.68. The van der Waals surface area contributed by atoms with E-state index < -0.39 is 0 Å². The van der Waals surface area contributed by atoms with E-state index in [1.54, 1.807) is 0 Å². The Morgan fingerprint density at radius 1 is 1.18 bits per heavy atom. The van der Waals surface area contributed by atoms with Crippen LogP contribution in [0.25, 0.3) is 5.69 Å². The summed E-state index contributed by atoms with van der Waals surface area (Å²) < 4.78 is 1.88. The maximum absolute atomic E-state index is 6.17. The number of benzene rings is 1. The molecule has 0 atom stereocenters. The fourth-order valence-electron chi connectivity index (χ4n) is 2.30. The summed E-state index contributed by atoms with van der Waals surface area (Å²) in [5.74, 6) is 2.78. The van der Waals surface area contributed by atoms with Gasteiger partial charge in [-0.3, -0.25) is 0 Å². The first kappa shape index (κ1) is 10.7. The summed E-state index contributed by atoms with van der Waals surface area (Å²) in [4.78, 5) is 0. The largest absolute Gasteiger partial charge is 0.383 e. The molecule has 2 aromatic rings. The highest BCUT2D eigenvalue weighted by atomic mass is 32.2. The van der Waals surface area contributed by atoms with Crippen molar-refractivity contribution in [2.24, 2.45) is 0 Å². The zero-order chi connectivity index (χ0) is 12.0. The second kappa shape index (κ2) is 3.81. The van der Waals surface area contributed by atoms with Crippen LogP contribution < -0.4 is 5.73 Å². The molecule has 1 aromatic heterocycles. The van der Waals surface area contributed by atoms with E-state index in [1.807, 2.05) is 16.4 Å². The highest BCUT2D eigenvalue weighted by molar-refractivity contribution is 7.98. The smallest absolute Gasteiger partial charge is 0.131 e. The molecule has 0 amide bonds. The van der Waals surface area contributed by atoms with Crippen LogP contribution in [0, 0.1) is 13.8 Å². The number of nitrogen functional groups attached to an aromatic ring is 1. The molecule has 2 N–H and O–H groups in total. The number of nitrogens with zero attached hydrogens (tertiary/aromatic N) is 2. The summed E-state index contributed by atoms with van der Waals surface area (Å²) >= 11 is 1.88. The summed E-state index contributed by atoms with van der Waals surface area (Å²) in [5.41, 5.74) is 12.1. The van der Waals surface area contributed by atoms with Crippen molar-refractivity contribution in [2.75, 3.05) is 5.73 Å². The van der Waals surface area contributed by atoms with Crippen molar-refractivity contribution >= 4 is 17.6 Å². The topological polar surface area (TPSA) is 43.8 Å². The maximum Gasteiger partial charge on any atom is 0.131 e. The van der Waals surface area contributed by atoms with Crippen LogP contribution in [-0.2, 0) is 11.5 Å². The third kappa shape index (κ3) is 1.72. The minimum Gasteiger partial charge on any atom is -0.383 e. The molecular formula is C13H15N3S. The van der Waals surface area contributed by atoms with Gasteiger partial charge in [0.25, 0.3) is 0 Å². The molecule has 1 aromatic carbocycles. The number of fused-ring (bicyclic) bond motifs is 1. The van der Waals surface area contributed by atoms with Crippen LogP contribution in [0.5, 0.6) is 0 Å². The molecule has 88 valence electrons. The zero-order valence-corrected chi connectivity index (χ0v) is 10.8. The monoisotopic (exact) mass is 245 g/mol. The van der Waals surface area contributed by atoms with Gasteiger partial charge in [0.1, 0.15) is 5.82 Å². The summed E-state index contributed by atoms with van der Waals surface area (Å²) in [6.45, 7) is 4.19. The van der Waals surface area contributed by atoms with Crippen molar-refractivity contribution in [1.29, 1.82) is 0 Å². The number of hydrogen-bond donors (Lipinski definition) is 1. The van der Waals surface area contributed by atoms with Gasteiger partial charge in [-0.15, -0.1) is 0 Å². The average Bonchev–Trinajstić information content (AvgIpc) is 2.80. The second-order valence-corrected chi connectivity index (χ2v) is 5.55. The van der Waals surface area contributed by atoms with Crippen LogP contribution >= 0.6 is 11.8 Å². The lowest BCUT2D eigenvalue weighted by Crippen LogP contribution is -2.04. The van der Waals surface area contributed by atoms with Crippen molar-refractivity contribution in [3.8, 4) is 5.69 Å². The third-order valence-electron chi connectivity index (χ3n) is 3.04. The number of rotatable bonds is 1. The fraction of sp³-hybridized carbons (Fsp3) is 0.308. The highest BCUT2D eigenvalue weighted by Gasteiger charge is 2.21. The lowest BCUT2D eigenvalue weighted by molar-refractivity contribution is 0.866. The van der Waals surface area contributed by atoms with Gasteiger partial charge in [0.15, 0.2) is 0 Å². The Kier molecular flexibility index (Phi) is 2.40. The lowest BCUT2D eigenvalue weighted by Gasteiger charge is -2.07. The van der Waals surface area contributed by atoms with Gasteiger partial charge in [0.2, 0.25) is 0 Å². The van der Waals surface area contributed by atoms with Crippen LogP contribution in [0.15, 0.2) is 18.2 Å². The maximum atomic E-state index is 6.17. The molecule has 2 heterocycles. The Balaban J connectivity index is 2.15. The Bertz CT molecular complexity index is 566. The van der Waals surface area contributed by atoms with Crippen LogP contribution in [0.4, 0.5) is 5.82 Å². The van der Waals surface area contributed by atoms with E-state index in [2.05, 4.69) is 37.1 Å². The number of aryl methyl sites for hydroxylation is 2. The first-order chi connectivity index (χ1) is 8.15. The number of aromatic nitrogens is 2. The van der Waals surface area contributed by atoms with Gasteiger partial charge >= 0.3 is 0 Å². The number of anilines is 1. The van der Waals surface area contributed by atoms with Gasteiger partial charge < -0.3 is 5.73 Å². The van der Waals surface area contributed by atoms with Gasteiger partial charge in [-0.05, 0) is 37.1 Å². The zero-order valence-electron chi connectivity index (χ0n) is 10.0. The van der Waals surface area contributed by atoms with E-state index in [-0.39, 0.29) is 0 Å². The van der Waals surface area contributed by atoms with Gasteiger partial charge in [0, 0.05) is 17.1 Å². The molecule has 3 nitrogen and oxygen atoms in total. The summed E-state index contributed by atoms with van der Waals surface area (Å²) in [6.07, 6.45) is 0. The number of nitrogens with two attached hydrogens (primary N) is 1. The second-order valence-electron chi connectivity index (χ2n) is 4.56. The summed E-state index contributed by atoms with van der Waals surface area (Å²) in [6, 6.07) is 6.41. The molecule has 4 heteroatoms. The van der Waals surface area contributed by atoms with E-state index in [4.69, 9.17) is 5.73 Å². The third-order valence-corrected chi connectivity index (χ3v) is 4.01. The minimum absolute atomic E-state index is 0.801. The Morgan fingerprint density at radius 2 is 1.88 bits per heavy atom. The van der Waals surface area contributed by atoms with Crippen LogP contribution in [-0.4, -0.2) is 9.78 Å². The van der Waals surface area contributed by atoms with Crippen LogP contribution in [0.3, 0.4) is 0 Å². The molecule has 0 unspecified atom stereocenters. The van der Waals surface area contributed by atoms with E-state index in [0.717, 1.165) is 28.7 Å². The van der Waals surface area contributed by atoms with E-state index in [1.165, 1.54) is 16.7 Å². The quantitative estimate of drug-likeness (QED) is 0.840. The SMILES string of the molecule is Cc1cc(C)cc(-n2nc3c(c2N)CSC3)c1. The van der Waals surface area contributed by atoms with Crippen molar-refractivity contribution in [2.45, 2.75) is 25.4 Å².